The van der Waals surface area contributed by atoms with Crippen molar-refractivity contribution in [3.05, 3.63) is 121 Å². The Kier molecular flexibility index (Phi) is 23.3. The van der Waals surface area contributed by atoms with Gasteiger partial charge in [0, 0.05) is 120 Å². The minimum absolute atomic E-state index is 0.0256. The van der Waals surface area contributed by atoms with Crippen LogP contribution in [0, 0.1) is 74.4 Å². The predicted octanol–water partition coefficient (Wildman–Crippen LogP) is 16.3. The Bertz CT molecular complexity index is 4170. The van der Waals surface area contributed by atoms with Crippen LogP contribution in [-0.2, 0) is 97.7 Å². The number of rotatable bonds is 12. The standard InChI is InChI=1S/C32H42N2O4Si.C32H42N2O3Si.S8/c1-18-13-23-15-27(33-22(5)28(23)31(37-10)21(18)4)29-25-14-19(2)20(3)30(36-9)26(25)16-24(34(29)35)17-38-39(11,12)32(6,7)8;1-18-13-23-15-27(33-22(5)28(23)31(36-10)21(18)4)29-25-14-19(2)20(3)30(35-9)26(25)16-24(34-29)17-37-38(11,12)32(6,7)8;1-3-5-7-8-6-4-2/h13-16H,17H2,1-12H3;13-16H,17H2,1-12H3;. The number of fused-ring (bicyclic) bond motifs is 4. The van der Waals surface area contributed by atoms with Crippen molar-refractivity contribution < 1.29 is 32.5 Å². The van der Waals surface area contributed by atoms with E-state index in [2.05, 4.69) is 168 Å². The first kappa shape index (κ1) is 69.7. The van der Waals surface area contributed by atoms with Gasteiger partial charge >= 0.3 is 0 Å². The van der Waals surface area contributed by atoms with Crippen LogP contribution in [0.25, 0.3) is 65.9 Å². The highest BCUT2D eigenvalue weighted by atomic mass is 33.4. The monoisotopic (exact) mass is 1330 g/mol. The van der Waals surface area contributed by atoms with Gasteiger partial charge in [-0.15, -0.1) is 0 Å². The van der Waals surface area contributed by atoms with Gasteiger partial charge in [-0.2, -0.15) is 4.73 Å². The van der Waals surface area contributed by atoms with Gasteiger partial charge in [0.1, 0.15) is 35.3 Å². The Morgan fingerprint density at radius 2 is 0.859 bits per heavy atom. The summed E-state index contributed by atoms with van der Waals surface area (Å²) < 4.78 is 37.6. The minimum Gasteiger partial charge on any atom is -0.618 e. The lowest BCUT2D eigenvalue weighted by atomic mass is 9.96. The van der Waals surface area contributed by atoms with Crippen molar-refractivity contribution in [1.82, 2.24) is 15.0 Å². The summed E-state index contributed by atoms with van der Waals surface area (Å²) in [6.07, 6.45) is 0. The molecule has 4 aromatic carbocycles. The molecule has 0 fully saturated rings. The number of hydrogen-bond acceptors (Lipinski definition) is 12. The molecule has 0 saturated heterocycles. The van der Waals surface area contributed by atoms with Crippen LogP contribution in [0.5, 0.6) is 23.0 Å². The molecular weight excluding hydrogens is 1250 g/mol. The number of hydrogen-bond donors (Lipinski definition) is 0. The third-order valence-corrected chi connectivity index (χ3v) is 37.3. The van der Waals surface area contributed by atoms with Crippen LogP contribution >= 0.6 is 0 Å². The Morgan fingerprint density at radius 3 is 1.29 bits per heavy atom. The predicted molar refractivity (Wildman–Crippen MR) is 383 cm³/mol. The normalized spacial score (nSPS) is 11.9. The number of pyridine rings is 4. The van der Waals surface area contributed by atoms with Gasteiger partial charge in [-0.25, -0.2) is 9.97 Å². The molecular formula is C64H84N4O7S8Si2. The largest absolute Gasteiger partial charge is 0.618 e. The zero-order valence-electron chi connectivity index (χ0n) is 53.9. The summed E-state index contributed by atoms with van der Waals surface area (Å²) in [5.74, 6) is 3.36. The van der Waals surface area contributed by atoms with E-state index in [0.29, 0.717) is 23.7 Å². The minimum atomic E-state index is -2.10. The Labute approximate surface area is 533 Å². The second-order valence-electron chi connectivity index (χ2n) is 24.6. The lowest BCUT2D eigenvalue weighted by Gasteiger charge is -2.36. The lowest BCUT2D eigenvalue weighted by Crippen LogP contribution is -2.43. The van der Waals surface area contributed by atoms with Crippen molar-refractivity contribution in [2.24, 2.45) is 0 Å². The third kappa shape index (κ3) is 15.0. The second-order valence-corrected chi connectivity index (χ2v) is 44.8. The number of nitrogens with zero attached hydrogens (tertiary/aromatic N) is 4. The molecule has 4 aromatic heterocycles. The van der Waals surface area contributed by atoms with Crippen LogP contribution in [0.15, 0.2) is 48.5 Å². The van der Waals surface area contributed by atoms with E-state index in [-0.39, 0.29) is 16.7 Å². The average molecular weight is 1330 g/mol. The van der Waals surface area contributed by atoms with Gasteiger partial charge in [0.25, 0.3) is 5.69 Å². The van der Waals surface area contributed by atoms with E-state index >= 15 is 0 Å². The first-order chi connectivity index (χ1) is 39.7. The smallest absolute Gasteiger partial charge is 0.250 e. The summed E-state index contributed by atoms with van der Waals surface area (Å²) in [7, 11) is 11.9. The van der Waals surface area contributed by atoms with Gasteiger partial charge < -0.3 is 33.0 Å². The molecule has 458 valence electrons. The van der Waals surface area contributed by atoms with E-state index in [4.69, 9.17) is 42.8 Å². The molecule has 8 aromatic rings. The summed E-state index contributed by atoms with van der Waals surface area (Å²) in [4.78, 5) is 15.2. The fourth-order valence-electron chi connectivity index (χ4n) is 9.88. The molecule has 0 aliphatic carbocycles. The zero-order chi connectivity index (χ0) is 63.4. The maximum Gasteiger partial charge on any atom is 0.250 e. The fourth-order valence-corrected chi connectivity index (χ4v) is 22.7. The highest BCUT2D eigenvalue weighted by Crippen LogP contribution is 2.44. The van der Waals surface area contributed by atoms with Crippen molar-refractivity contribution >= 4 is 135 Å². The Morgan fingerprint density at radius 1 is 0.471 bits per heavy atom. The molecule has 0 bridgehead atoms. The molecule has 0 saturated carbocycles. The number of methoxy groups -OCH3 is 4. The van der Waals surface area contributed by atoms with Crippen LogP contribution in [0.2, 0.25) is 36.3 Å². The number of ether oxygens (including phenoxy) is 4. The van der Waals surface area contributed by atoms with Gasteiger partial charge in [-0.05, 0) is 191 Å². The first-order valence-corrected chi connectivity index (χ1v) is 43.0. The molecule has 85 heavy (non-hydrogen) atoms. The van der Waals surface area contributed by atoms with Gasteiger partial charge in [0.05, 0.1) is 57.5 Å². The first-order valence-electron chi connectivity index (χ1n) is 27.9. The topological polar surface area (TPSA) is 121 Å². The van der Waals surface area contributed by atoms with E-state index in [9.17, 15) is 5.21 Å². The summed E-state index contributed by atoms with van der Waals surface area (Å²) >= 11 is 9.21. The molecule has 0 atom stereocenters. The van der Waals surface area contributed by atoms with E-state index in [1.54, 1.807) is 64.0 Å². The van der Waals surface area contributed by atoms with E-state index in [1.807, 2.05) is 39.8 Å². The van der Waals surface area contributed by atoms with Gasteiger partial charge in [-0.3, -0.25) is 4.98 Å². The molecule has 21 heteroatoms. The van der Waals surface area contributed by atoms with Crippen molar-refractivity contribution in [2.75, 3.05) is 28.4 Å². The SMILES string of the molecule is COc1c(C)c(C)cc2c(-c3cc4cc(C)c(C)c(OC)c4c(C)n3)[n+]([O-])c(CO[Si](C)(C)C(C)(C)C)cc12.COc1c(C)c(C)cc2c(-c3cc4cc(C)c(C)c(OC)c4c(C)n3)nc(CO[Si](C)(C)C(C)(C)C)cc12.S=S=S=S=S=S=S=S. The Hall–Kier alpha value is -4.37. The summed E-state index contributed by atoms with van der Waals surface area (Å²) in [5.41, 5.74) is 14.9. The van der Waals surface area contributed by atoms with E-state index < -0.39 is 16.6 Å². The molecule has 0 unspecified atom stereocenters. The van der Waals surface area contributed by atoms with E-state index in [0.717, 1.165) is 138 Å². The molecule has 8 rings (SSSR count). The summed E-state index contributed by atoms with van der Waals surface area (Å²) in [6.45, 7) is 43.7. The second kappa shape index (κ2) is 28.4. The van der Waals surface area contributed by atoms with Gasteiger partial charge in [0.2, 0.25) is 5.69 Å². The van der Waals surface area contributed by atoms with E-state index in [1.165, 1.54) is 23.3 Å². The molecule has 0 amide bonds. The van der Waals surface area contributed by atoms with Crippen LogP contribution in [0.4, 0.5) is 0 Å². The molecule has 0 N–H and O–H groups in total. The molecule has 4 heterocycles. The molecule has 0 spiro atoms. The van der Waals surface area contributed by atoms with Gasteiger partial charge in [0.15, 0.2) is 16.6 Å². The number of aryl methyl sites for hydroxylation is 6. The lowest BCUT2D eigenvalue weighted by molar-refractivity contribution is -0.603. The summed E-state index contributed by atoms with van der Waals surface area (Å²) in [6, 6.07) is 16.8. The van der Waals surface area contributed by atoms with Gasteiger partial charge in [-0.1, -0.05) is 53.7 Å². The maximum atomic E-state index is 14.2. The third-order valence-electron chi connectivity index (χ3n) is 17.2. The molecule has 0 aliphatic rings. The summed E-state index contributed by atoms with van der Waals surface area (Å²) in [5, 5.41) is 22.2. The quantitative estimate of drug-likeness (QED) is 0.0658. The molecule has 0 radical (unpaired) electrons. The highest BCUT2D eigenvalue weighted by Gasteiger charge is 2.39. The molecule has 11 nitrogen and oxygen atoms in total. The van der Waals surface area contributed by atoms with Crippen molar-refractivity contribution in [3.8, 4) is 45.8 Å². The maximum absolute atomic E-state index is 14.2. The molecule has 0 aliphatic heterocycles. The van der Waals surface area contributed by atoms with Crippen molar-refractivity contribution in [3.63, 3.8) is 0 Å². The van der Waals surface area contributed by atoms with Crippen molar-refractivity contribution in [1.29, 1.82) is 0 Å². The van der Waals surface area contributed by atoms with Crippen molar-refractivity contribution in [2.45, 2.75) is 160 Å². The van der Waals surface area contributed by atoms with Crippen LogP contribution < -0.4 is 23.7 Å². The van der Waals surface area contributed by atoms with Crippen LogP contribution in [0.3, 0.4) is 0 Å². The van der Waals surface area contributed by atoms with Crippen LogP contribution in [-0.4, -0.2) is 60.0 Å². The zero-order valence-corrected chi connectivity index (χ0v) is 62.5. The number of aromatic nitrogens is 4. The fraction of sp³-hybridized carbons (Fsp3) is 0.438. The number of benzene rings is 4. The Balaban J connectivity index is 0.000000241. The van der Waals surface area contributed by atoms with Crippen LogP contribution in [0.1, 0.15) is 109 Å². The average Bonchev–Trinajstić information content (AvgIpc) is 1.43. The highest BCUT2D eigenvalue weighted by molar-refractivity contribution is 8.70.